The second kappa shape index (κ2) is 4.22. The van der Waals surface area contributed by atoms with Crippen LogP contribution in [0.15, 0.2) is 18.2 Å². The van der Waals surface area contributed by atoms with Crippen molar-refractivity contribution in [2.45, 2.75) is 32.2 Å². The van der Waals surface area contributed by atoms with Crippen molar-refractivity contribution in [3.8, 4) is 0 Å². The number of rotatable bonds is 2. The third kappa shape index (κ3) is 2.25. The van der Waals surface area contributed by atoms with E-state index in [2.05, 4.69) is 18.7 Å². The molecule has 0 bridgehead atoms. The average molecular weight is 254 g/mol. The van der Waals surface area contributed by atoms with Crippen LogP contribution in [-0.2, 0) is 0 Å². The summed E-state index contributed by atoms with van der Waals surface area (Å²) >= 11 is 5.99. The minimum Gasteiger partial charge on any atom is -0.478 e. The molecule has 1 heterocycles. The van der Waals surface area contributed by atoms with Crippen molar-refractivity contribution >= 4 is 23.3 Å². The van der Waals surface area contributed by atoms with Gasteiger partial charge in [-0.2, -0.15) is 0 Å². The zero-order chi connectivity index (χ0) is 12.6. The van der Waals surface area contributed by atoms with Crippen molar-refractivity contribution in [3.05, 3.63) is 28.8 Å². The topological polar surface area (TPSA) is 40.5 Å². The Kier molecular flexibility index (Phi) is 3.04. The molecule has 17 heavy (non-hydrogen) atoms. The maximum Gasteiger partial charge on any atom is 0.337 e. The Hall–Kier alpha value is -1.22. The molecule has 0 saturated carbocycles. The predicted molar refractivity (Wildman–Crippen MR) is 69.1 cm³/mol. The summed E-state index contributed by atoms with van der Waals surface area (Å²) in [6, 6.07) is 5.16. The fourth-order valence-corrected chi connectivity index (χ4v) is 2.69. The van der Waals surface area contributed by atoms with E-state index < -0.39 is 5.97 Å². The van der Waals surface area contributed by atoms with Crippen molar-refractivity contribution in [2.75, 3.05) is 11.4 Å². The van der Waals surface area contributed by atoms with Gasteiger partial charge in [0.05, 0.1) is 10.6 Å². The lowest BCUT2D eigenvalue weighted by Crippen LogP contribution is -2.38. The number of aromatic carboxylic acids is 1. The molecule has 1 N–H and O–H groups in total. The van der Waals surface area contributed by atoms with E-state index in [0.29, 0.717) is 5.02 Å². The van der Waals surface area contributed by atoms with Crippen LogP contribution in [-0.4, -0.2) is 23.2 Å². The highest BCUT2D eigenvalue weighted by molar-refractivity contribution is 6.33. The standard InChI is InChI=1S/C13H16ClNO2/c1-13(2)6-3-7-15(13)9-4-5-10(12(16)17)11(14)8-9/h4-5,8H,3,6-7H2,1-2H3,(H,16,17). The number of hydrogen-bond donors (Lipinski definition) is 1. The summed E-state index contributed by atoms with van der Waals surface area (Å²) in [6.07, 6.45) is 2.30. The quantitative estimate of drug-likeness (QED) is 0.878. The summed E-state index contributed by atoms with van der Waals surface area (Å²) in [4.78, 5) is 13.2. The normalized spacial score (nSPS) is 18.4. The highest BCUT2D eigenvalue weighted by atomic mass is 35.5. The Balaban J connectivity index is 2.35. The number of anilines is 1. The Bertz CT molecular complexity index is 457. The van der Waals surface area contributed by atoms with Gasteiger partial charge in [-0.05, 0) is 44.9 Å². The third-order valence-electron chi connectivity index (χ3n) is 3.40. The van der Waals surface area contributed by atoms with Gasteiger partial charge in [-0.25, -0.2) is 4.79 Å². The number of carbonyl (C=O) groups is 1. The number of nitrogens with zero attached hydrogens (tertiary/aromatic N) is 1. The van der Waals surface area contributed by atoms with Gasteiger partial charge < -0.3 is 10.0 Å². The molecular weight excluding hydrogens is 238 g/mol. The molecule has 0 spiro atoms. The molecular formula is C13H16ClNO2. The zero-order valence-electron chi connectivity index (χ0n) is 10.0. The first kappa shape index (κ1) is 12.2. The molecule has 0 unspecified atom stereocenters. The van der Waals surface area contributed by atoms with E-state index >= 15 is 0 Å². The van der Waals surface area contributed by atoms with Gasteiger partial charge in [-0.3, -0.25) is 0 Å². The highest BCUT2D eigenvalue weighted by Gasteiger charge is 2.32. The lowest BCUT2D eigenvalue weighted by atomic mass is 10.0. The van der Waals surface area contributed by atoms with Crippen LogP contribution in [0.4, 0.5) is 5.69 Å². The minimum atomic E-state index is -0.984. The second-order valence-corrected chi connectivity index (χ2v) is 5.44. The maximum absolute atomic E-state index is 10.9. The molecule has 1 aromatic rings. The fourth-order valence-electron chi connectivity index (χ4n) is 2.43. The Labute approximate surface area is 106 Å². The van der Waals surface area contributed by atoms with Crippen LogP contribution < -0.4 is 4.90 Å². The van der Waals surface area contributed by atoms with E-state index in [1.54, 1.807) is 12.1 Å². The van der Waals surface area contributed by atoms with E-state index in [0.717, 1.165) is 25.1 Å². The maximum atomic E-state index is 10.9. The SMILES string of the molecule is CC1(C)CCCN1c1ccc(C(=O)O)c(Cl)c1. The van der Waals surface area contributed by atoms with E-state index in [1.165, 1.54) is 0 Å². The summed E-state index contributed by atoms with van der Waals surface area (Å²) in [7, 11) is 0. The van der Waals surface area contributed by atoms with Crippen LogP contribution in [0.25, 0.3) is 0 Å². The van der Waals surface area contributed by atoms with Gasteiger partial charge in [0.2, 0.25) is 0 Å². The summed E-state index contributed by atoms with van der Waals surface area (Å²) in [5, 5.41) is 9.23. The Morgan fingerprint density at radius 3 is 2.65 bits per heavy atom. The van der Waals surface area contributed by atoms with Gasteiger partial charge >= 0.3 is 5.97 Å². The largest absolute Gasteiger partial charge is 0.478 e. The van der Waals surface area contributed by atoms with E-state index in [-0.39, 0.29) is 11.1 Å². The molecule has 3 nitrogen and oxygen atoms in total. The molecule has 1 saturated heterocycles. The van der Waals surface area contributed by atoms with Gasteiger partial charge in [0.15, 0.2) is 0 Å². The molecule has 0 atom stereocenters. The third-order valence-corrected chi connectivity index (χ3v) is 3.71. The molecule has 1 aliphatic rings. The first-order chi connectivity index (χ1) is 7.92. The summed E-state index contributed by atoms with van der Waals surface area (Å²) in [6.45, 7) is 5.38. The molecule has 2 rings (SSSR count). The van der Waals surface area contributed by atoms with Gasteiger partial charge in [0.1, 0.15) is 0 Å². The monoisotopic (exact) mass is 253 g/mol. The van der Waals surface area contributed by atoms with Gasteiger partial charge in [-0.15, -0.1) is 0 Å². The smallest absolute Gasteiger partial charge is 0.337 e. The van der Waals surface area contributed by atoms with Gasteiger partial charge in [0.25, 0.3) is 0 Å². The number of hydrogen-bond acceptors (Lipinski definition) is 2. The van der Waals surface area contributed by atoms with Crippen LogP contribution >= 0.6 is 11.6 Å². The number of halogens is 1. The van der Waals surface area contributed by atoms with Crippen LogP contribution in [0.2, 0.25) is 5.02 Å². The molecule has 92 valence electrons. The zero-order valence-corrected chi connectivity index (χ0v) is 10.8. The predicted octanol–water partition coefficient (Wildman–Crippen LogP) is 3.42. The summed E-state index contributed by atoms with van der Waals surface area (Å²) < 4.78 is 0. The molecule has 1 aromatic carbocycles. The molecule has 4 heteroatoms. The van der Waals surface area contributed by atoms with Crippen molar-refractivity contribution in [3.63, 3.8) is 0 Å². The molecule has 0 aliphatic carbocycles. The van der Waals surface area contributed by atoms with Crippen LogP contribution in [0.1, 0.15) is 37.0 Å². The van der Waals surface area contributed by atoms with Crippen LogP contribution in [0.5, 0.6) is 0 Å². The first-order valence-corrected chi connectivity index (χ1v) is 6.10. The van der Waals surface area contributed by atoms with Crippen LogP contribution in [0.3, 0.4) is 0 Å². The van der Waals surface area contributed by atoms with Crippen molar-refractivity contribution in [2.24, 2.45) is 0 Å². The van der Waals surface area contributed by atoms with Crippen molar-refractivity contribution < 1.29 is 9.90 Å². The summed E-state index contributed by atoms with van der Waals surface area (Å²) in [5.74, 6) is -0.984. The lowest BCUT2D eigenvalue weighted by molar-refractivity contribution is 0.0697. The minimum absolute atomic E-state index is 0.119. The van der Waals surface area contributed by atoms with E-state index in [4.69, 9.17) is 16.7 Å². The molecule has 1 fully saturated rings. The Morgan fingerprint density at radius 1 is 1.47 bits per heavy atom. The van der Waals surface area contributed by atoms with Crippen molar-refractivity contribution in [1.82, 2.24) is 0 Å². The molecule has 1 aliphatic heterocycles. The number of carboxylic acid groups (broad SMARTS) is 1. The fraction of sp³-hybridized carbons (Fsp3) is 0.462. The number of benzene rings is 1. The average Bonchev–Trinajstić information content (AvgIpc) is 2.57. The highest BCUT2D eigenvalue weighted by Crippen LogP contribution is 2.35. The molecule has 0 aromatic heterocycles. The van der Waals surface area contributed by atoms with E-state index in [9.17, 15) is 4.79 Å². The van der Waals surface area contributed by atoms with Gasteiger partial charge in [0, 0.05) is 17.8 Å². The van der Waals surface area contributed by atoms with E-state index in [1.807, 2.05) is 6.07 Å². The summed E-state index contributed by atoms with van der Waals surface area (Å²) in [5.41, 5.74) is 1.28. The lowest BCUT2D eigenvalue weighted by Gasteiger charge is -2.34. The van der Waals surface area contributed by atoms with Gasteiger partial charge in [-0.1, -0.05) is 11.6 Å². The Morgan fingerprint density at radius 2 is 2.18 bits per heavy atom. The second-order valence-electron chi connectivity index (χ2n) is 5.04. The van der Waals surface area contributed by atoms with Crippen molar-refractivity contribution in [1.29, 1.82) is 0 Å². The molecule has 0 radical (unpaired) electrons. The van der Waals surface area contributed by atoms with Crippen LogP contribution in [0, 0.1) is 0 Å². The first-order valence-electron chi connectivity index (χ1n) is 5.72. The number of carboxylic acids is 1. The molecule has 0 amide bonds.